The van der Waals surface area contributed by atoms with Crippen molar-refractivity contribution in [2.45, 2.75) is 50.8 Å². The van der Waals surface area contributed by atoms with E-state index in [2.05, 4.69) is 31.4 Å². The highest BCUT2D eigenvalue weighted by Crippen LogP contribution is 2.23. The number of benzene rings is 1. The molecule has 2 amide bonds. The lowest BCUT2D eigenvalue weighted by molar-refractivity contribution is -0.120. The van der Waals surface area contributed by atoms with Crippen LogP contribution in [0.4, 0.5) is 0 Å². The molecule has 0 aliphatic heterocycles. The Morgan fingerprint density at radius 3 is 2.08 bits per heavy atom. The SMILES string of the molecule is CC(=O)NCCCNC(=O)CCS(=O)(=O)c1ccc(C(C)(C)C)cc1. The quantitative estimate of drug-likeness (QED) is 0.684. The Morgan fingerprint density at radius 2 is 1.56 bits per heavy atom. The predicted octanol–water partition coefficient (Wildman–Crippen LogP) is 1.79. The van der Waals surface area contributed by atoms with Crippen LogP contribution in [0.2, 0.25) is 0 Å². The van der Waals surface area contributed by atoms with Crippen molar-refractivity contribution in [3.05, 3.63) is 29.8 Å². The fraction of sp³-hybridized carbons (Fsp3) is 0.556. The molecular formula is C18H28N2O4S. The van der Waals surface area contributed by atoms with Gasteiger partial charge < -0.3 is 10.6 Å². The van der Waals surface area contributed by atoms with Gasteiger partial charge in [0.05, 0.1) is 10.6 Å². The van der Waals surface area contributed by atoms with Gasteiger partial charge in [0.15, 0.2) is 9.84 Å². The van der Waals surface area contributed by atoms with E-state index in [9.17, 15) is 18.0 Å². The average Bonchev–Trinajstić information content (AvgIpc) is 2.52. The lowest BCUT2D eigenvalue weighted by atomic mass is 9.87. The van der Waals surface area contributed by atoms with Crippen molar-refractivity contribution in [2.24, 2.45) is 0 Å². The first-order chi connectivity index (χ1) is 11.5. The fourth-order valence-electron chi connectivity index (χ4n) is 2.18. The van der Waals surface area contributed by atoms with Crippen LogP contribution in [0.15, 0.2) is 29.2 Å². The van der Waals surface area contributed by atoms with Crippen molar-refractivity contribution in [2.75, 3.05) is 18.8 Å². The van der Waals surface area contributed by atoms with Crippen LogP contribution < -0.4 is 10.6 Å². The normalized spacial score (nSPS) is 11.8. The van der Waals surface area contributed by atoms with Crippen LogP contribution in [-0.4, -0.2) is 39.1 Å². The molecule has 7 heteroatoms. The molecule has 0 aliphatic rings. The van der Waals surface area contributed by atoms with Crippen molar-refractivity contribution >= 4 is 21.7 Å². The number of carbonyl (C=O) groups is 2. The standard InChI is InChI=1S/C18H28N2O4S/c1-14(21)19-11-5-12-20-17(22)10-13-25(23,24)16-8-6-15(7-9-16)18(2,3)4/h6-9H,5,10-13H2,1-4H3,(H,19,21)(H,20,22). The van der Waals surface area contributed by atoms with Gasteiger partial charge in [0.25, 0.3) is 0 Å². The van der Waals surface area contributed by atoms with Crippen LogP contribution in [0.25, 0.3) is 0 Å². The van der Waals surface area contributed by atoms with Crippen molar-refractivity contribution in [1.29, 1.82) is 0 Å². The molecule has 140 valence electrons. The van der Waals surface area contributed by atoms with E-state index in [1.165, 1.54) is 6.92 Å². The third-order valence-electron chi connectivity index (χ3n) is 3.73. The first kappa shape index (κ1) is 21.2. The Hall–Kier alpha value is -1.89. The molecule has 0 saturated carbocycles. The molecule has 0 aliphatic carbocycles. The van der Waals surface area contributed by atoms with Gasteiger partial charge in [-0.1, -0.05) is 32.9 Å². The molecule has 0 heterocycles. The van der Waals surface area contributed by atoms with Gasteiger partial charge in [0.1, 0.15) is 0 Å². The van der Waals surface area contributed by atoms with E-state index < -0.39 is 9.84 Å². The summed E-state index contributed by atoms with van der Waals surface area (Å²) in [5.41, 5.74) is 1.02. The molecule has 0 fully saturated rings. The smallest absolute Gasteiger partial charge is 0.221 e. The lowest BCUT2D eigenvalue weighted by Gasteiger charge is -2.19. The molecule has 0 saturated heterocycles. The number of rotatable bonds is 8. The molecule has 0 unspecified atom stereocenters. The van der Waals surface area contributed by atoms with Crippen molar-refractivity contribution in [3.8, 4) is 0 Å². The molecule has 0 aromatic heterocycles. The summed E-state index contributed by atoms with van der Waals surface area (Å²) in [6, 6.07) is 6.83. The van der Waals surface area contributed by atoms with E-state index in [1.54, 1.807) is 12.1 Å². The van der Waals surface area contributed by atoms with E-state index in [1.807, 2.05) is 12.1 Å². The number of nitrogens with one attached hydrogen (secondary N) is 2. The maximum Gasteiger partial charge on any atom is 0.221 e. The molecule has 0 atom stereocenters. The minimum absolute atomic E-state index is 0.0422. The van der Waals surface area contributed by atoms with Gasteiger partial charge in [-0.3, -0.25) is 9.59 Å². The van der Waals surface area contributed by atoms with Gasteiger partial charge in [-0.15, -0.1) is 0 Å². The summed E-state index contributed by atoms with van der Waals surface area (Å²) in [6.45, 7) is 8.50. The number of sulfone groups is 1. The zero-order valence-corrected chi connectivity index (χ0v) is 16.2. The first-order valence-corrected chi connectivity index (χ1v) is 10.0. The summed E-state index contributed by atoms with van der Waals surface area (Å²) < 4.78 is 24.6. The molecule has 0 radical (unpaired) electrons. The summed E-state index contributed by atoms with van der Waals surface area (Å²) in [5.74, 6) is -0.646. The van der Waals surface area contributed by atoms with Gasteiger partial charge in [-0.05, 0) is 29.5 Å². The molecule has 1 rings (SSSR count). The van der Waals surface area contributed by atoms with Crippen molar-refractivity contribution in [1.82, 2.24) is 10.6 Å². The van der Waals surface area contributed by atoms with Gasteiger partial charge in [0, 0.05) is 26.4 Å². The highest BCUT2D eigenvalue weighted by atomic mass is 32.2. The molecule has 0 bridgehead atoms. The average molecular weight is 368 g/mol. The fourth-order valence-corrected chi connectivity index (χ4v) is 3.42. The summed E-state index contributed by atoms with van der Waals surface area (Å²) in [6.07, 6.45) is 0.524. The second kappa shape index (κ2) is 8.99. The van der Waals surface area contributed by atoms with Crippen LogP contribution in [0.1, 0.15) is 46.1 Å². The van der Waals surface area contributed by atoms with E-state index >= 15 is 0 Å². The Morgan fingerprint density at radius 1 is 1.00 bits per heavy atom. The van der Waals surface area contributed by atoms with Gasteiger partial charge in [-0.25, -0.2) is 8.42 Å². The molecule has 1 aromatic carbocycles. The third kappa shape index (κ3) is 7.69. The Balaban J connectivity index is 2.47. The Bertz CT molecular complexity index is 689. The molecular weight excluding hydrogens is 340 g/mol. The molecule has 6 nitrogen and oxygen atoms in total. The zero-order valence-electron chi connectivity index (χ0n) is 15.4. The van der Waals surface area contributed by atoms with Crippen LogP contribution in [0.3, 0.4) is 0 Å². The summed E-state index contributed by atoms with van der Waals surface area (Å²) in [4.78, 5) is 22.7. The second-order valence-electron chi connectivity index (χ2n) is 7.03. The monoisotopic (exact) mass is 368 g/mol. The van der Waals surface area contributed by atoms with E-state index in [4.69, 9.17) is 0 Å². The maximum absolute atomic E-state index is 12.3. The number of amides is 2. The lowest BCUT2D eigenvalue weighted by Crippen LogP contribution is -2.29. The minimum atomic E-state index is -3.48. The zero-order chi connectivity index (χ0) is 19.1. The Labute approximate surface area is 150 Å². The topological polar surface area (TPSA) is 92.3 Å². The van der Waals surface area contributed by atoms with Gasteiger partial charge in [-0.2, -0.15) is 0 Å². The largest absolute Gasteiger partial charge is 0.356 e. The van der Waals surface area contributed by atoms with E-state index in [0.29, 0.717) is 19.5 Å². The molecule has 25 heavy (non-hydrogen) atoms. The van der Waals surface area contributed by atoms with E-state index in [0.717, 1.165) is 5.56 Å². The maximum atomic E-state index is 12.3. The second-order valence-corrected chi connectivity index (χ2v) is 9.14. The first-order valence-electron chi connectivity index (χ1n) is 8.37. The van der Waals surface area contributed by atoms with Crippen LogP contribution in [-0.2, 0) is 24.8 Å². The van der Waals surface area contributed by atoms with E-state index in [-0.39, 0.29) is 34.3 Å². The van der Waals surface area contributed by atoms with Crippen LogP contribution in [0, 0.1) is 0 Å². The number of carbonyl (C=O) groups excluding carboxylic acids is 2. The van der Waals surface area contributed by atoms with Crippen molar-refractivity contribution in [3.63, 3.8) is 0 Å². The predicted molar refractivity (Wildman–Crippen MR) is 98.1 cm³/mol. The number of hydrogen-bond donors (Lipinski definition) is 2. The summed E-state index contributed by atoms with van der Waals surface area (Å²) in [7, 11) is -3.48. The third-order valence-corrected chi connectivity index (χ3v) is 5.46. The molecule has 0 spiro atoms. The number of hydrogen-bond acceptors (Lipinski definition) is 4. The Kier molecular flexibility index (Phi) is 7.60. The van der Waals surface area contributed by atoms with Crippen LogP contribution >= 0.6 is 0 Å². The van der Waals surface area contributed by atoms with Crippen molar-refractivity contribution < 1.29 is 18.0 Å². The summed E-state index contributed by atoms with van der Waals surface area (Å²) >= 11 is 0. The molecule has 1 aromatic rings. The summed E-state index contributed by atoms with van der Waals surface area (Å²) in [5, 5.41) is 5.28. The van der Waals surface area contributed by atoms with Crippen LogP contribution in [0.5, 0.6) is 0 Å². The highest BCUT2D eigenvalue weighted by Gasteiger charge is 2.18. The highest BCUT2D eigenvalue weighted by molar-refractivity contribution is 7.91. The molecule has 2 N–H and O–H groups in total. The minimum Gasteiger partial charge on any atom is -0.356 e. The van der Waals surface area contributed by atoms with Gasteiger partial charge in [0.2, 0.25) is 11.8 Å². The van der Waals surface area contributed by atoms with Gasteiger partial charge >= 0.3 is 0 Å².